The lowest BCUT2D eigenvalue weighted by atomic mass is 10.1. The van der Waals surface area contributed by atoms with Gasteiger partial charge in [0, 0.05) is 29.7 Å². The molecule has 0 N–H and O–H groups in total. The Morgan fingerprint density at radius 1 is 0.955 bits per heavy atom. The van der Waals surface area contributed by atoms with Crippen molar-refractivity contribution < 1.29 is 0 Å². The van der Waals surface area contributed by atoms with E-state index in [-0.39, 0.29) is 0 Å². The molecule has 5 nitrogen and oxygen atoms in total. The van der Waals surface area contributed by atoms with Crippen LogP contribution in [0.4, 0.5) is 0 Å². The van der Waals surface area contributed by atoms with Crippen LogP contribution in [0.15, 0.2) is 54.7 Å². The quantitative estimate of drug-likeness (QED) is 0.569. The molecule has 0 aliphatic rings. The largest absolute Gasteiger partial charge is 0.350 e. The summed E-state index contributed by atoms with van der Waals surface area (Å²) in [6, 6.07) is 16.4. The highest BCUT2D eigenvalue weighted by Crippen LogP contribution is 2.29. The molecule has 2 aromatic heterocycles. The maximum atomic E-state index is 4.24. The van der Waals surface area contributed by atoms with Gasteiger partial charge >= 0.3 is 0 Å². The third-order valence-electron chi connectivity index (χ3n) is 3.89. The van der Waals surface area contributed by atoms with Crippen molar-refractivity contribution in [1.82, 2.24) is 24.8 Å². The molecular formula is C17H15N5. The molecule has 4 aromatic rings. The number of benzene rings is 2. The molecule has 0 spiro atoms. The number of tetrazole rings is 1. The van der Waals surface area contributed by atoms with Gasteiger partial charge in [-0.3, -0.25) is 0 Å². The molecular weight excluding hydrogens is 274 g/mol. The molecule has 0 aliphatic carbocycles. The normalized spacial score (nSPS) is 11.2. The van der Waals surface area contributed by atoms with Gasteiger partial charge in [-0.15, -0.1) is 5.10 Å². The van der Waals surface area contributed by atoms with Crippen molar-refractivity contribution in [2.24, 2.45) is 7.05 Å². The van der Waals surface area contributed by atoms with E-state index in [0.717, 1.165) is 28.0 Å². The molecule has 2 heterocycles. The summed E-state index contributed by atoms with van der Waals surface area (Å²) >= 11 is 0. The number of para-hydroxylation sites is 1. The number of fused-ring (bicyclic) bond motifs is 1. The summed E-state index contributed by atoms with van der Waals surface area (Å²) in [5, 5.41) is 13.4. The van der Waals surface area contributed by atoms with Crippen LogP contribution in [0.1, 0.15) is 5.56 Å². The number of aromatic nitrogens is 5. The first-order valence-electron chi connectivity index (χ1n) is 7.14. The zero-order valence-corrected chi connectivity index (χ0v) is 12.4. The first-order chi connectivity index (χ1) is 10.7. The van der Waals surface area contributed by atoms with Crippen LogP contribution in [0.2, 0.25) is 0 Å². The summed E-state index contributed by atoms with van der Waals surface area (Å²) in [5.74, 6) is 0.751. The van der Waals surface area contributed by atoms with Gasteiger partial charge in [-0.1, -0.05) is 35.9 Å². The molecule has 0 saturated heterocycles. The average Bonchev–Trinajstić information content (AvgIpc) is 3.13. The van der Waals surface area contributed by atoms with Crippen LogP contribution >= 0.6 is 0 Å². The number of rotatable bonds is 2. The van der Waals surface area contributed by atoms with Crippen LogP contribution in [0.5, 0.6) is 0 Å². The Morgan fingerprint density at radius 3 is 2.55 bits per heavy atom. The Morgan fingerprint density at radius 2 is 1.73 bits per heavy atom. The standard InChI is InChI=1S/C17H15N5/c1-12-7-9-13(10-8-12)22-17(18-19-20-22)15-11-21(2)16-6-4-3-5-14(15)16/h3-11H,1-2H3. The number of aryl methyl sites for hydroxylation is 2. The first kappa shape index (κ1) is 12.8. The number of hydrogen-bond donors (Lipinski definition) is 0. The smallest absolute Gasteiger partial charge is 0.189 e. The summed E-state index contributed by atoms with van der Waals surface area (Å²) in [7, 11) is 2.03. The minimum atomic E-state index is 0.751. The lowest BCUT2D eigenvalue weighted by molar-refractivity contribution is 0.791. The van der Waals surface area contributed by atoms with Crippen LogP contribution in [-0.2, 0) is 7.05 Å². The van der Waals surface area contributed by atoms with Crippen LogP contribution < -0.4 is 0 Å². The summed E-state index contributed by atoms with van der Waals surface area (Å²) in [6.07, 6.45) is 2.07. The lowest BCUT2D eigenvalue weighted by Gasteiger charge is -2.04. The zero-order chi connectivity index (χ0) is 15.1. The Hall–Kier alpha value is -2.95. The van der Waals surface area contributed by atoms with Crippen molar-refractivity contribution in [2.45, 2.75) is 6.92 Å². The van der Waals surface area contributed by atoms with Crippen LogP contribution in [-0.4, -0.2) is 24.8 Å². The van der Waals surface area contributed by atoms with E-state index in [0.29, 0.717) is 0 Å². The topological polar surface area (TPSA) is 48.5 Å². The summed E-state index contributed by atoms with van der Waals surface area (Å²) < 4.78 is 3.88. The summed E-state index contributed by atoms with van der Waals surface area (Å²) in [6.45, 7) is 2.06. The predicted octanol–water partition coefficient (Wildman–Crippen LogP) is 3.13. The molecule has 22 heavy (non-hydrogen) atoms. The van der Waals surface area contributed by atoms with Gasteiger partial charge in [0.25, 0.3) is 0 Å². The first-order valence-corrected chi connectivity index (χ1v) is 7.14. The minimum absolute atomic E-state index is 0.751. The van der Waals surface area contributed by atoms with E-state index in [1.165, 1.54) is 5.56 Å². The zero-order valence-electron chi connectivity index (χ0n) is 12.4. The molecule has 4 rings (SSSR count). The Balaban J connectivity index is 1.94. The highest BCUT2D eigenvalue weighted by molar-refractivity contribution is 5.94. The Bertz CT molecular complexity index is 947. The second-order valence-corrected chi connectivity index (χ2v) is 5.42. The molecule has 0 amide bonds. The average molecular weight is 289 g/mol. The fourth-order valence-electron chi connectivity index (χ4n) is 2.73. The van der Waals surface area contributed by atoms with Gasteiger partial charge in [0.15, 0.2) is 5.82 Å². The van der Waals surface area contributed by atoms with E-state index in [1.54, 1.807) is 4.68 Å². The highest BCUT2D eigenvalue weighted by Gasteiger charge is 2.15. The van der Waals surface area contributed by atoms with Gasteiger partial charge in [-0.2, -0.15) is 4.68 Å². The fourth-order valence-corrected chi connectivity index (χ4v) is 2.73. The third kappa shape index (κ3) is 1.90. The highest BCUT2D eigenvalue weighted by atomic mass is 15.5. The second-order valence-electron chi connectivity index (χ2n) is 5.42. The molecule has 0 radical (unpaired) electrons. The Kier molecular flexibility index (Phi) is 2.79. The molecule has 2 aromatic carbocycles. The van der Waals surface area contributed by atoms with Crippen LogP contribution in [0, 0.1) is 6.92 Å². The van der Waals surface area contributed by atoms with Crippen molar-refractivity contribution in [3.8, 4) is 17.1 Å². The minimum Gasteiger partial charge on any atom is -0.350 e. The van der Waals surface area contributed by atoms with Crippen molar-refractivity contribution in [3.63, 3.8) is 0 Å². The van der Waals surface area contributed by atoms with Gasteiger partial charge in [-0.25, -0.2) is 0 Å². The van der Waals surface area contributed by atoms with E-state index < -0.39 is 0 Å². The molecule has 0 saturated carbocycles. The van der Waals surface area contributed by atoms with Crippen LogP contribution in [0.3, 0.4) is 0 Å². The molecule has 0 atom stereocenters. The Labute approximate surface area is 127 Å². The SMILES string of the molecule is Cc1ccc(-n2nnnc2-c2cn(C)c3ccccc23)cc1. The molecule has 108 valence electrons. The fraction of sp³-hybridized carbons (Fsp3) is 0.118. The molecule has 5 heteroatoms. The maximum Gasteiger partial charge on any atom is 0.189 e. The summed E-state index contributed by atoms with van der Waals surface area (Å²) in [5.41, 5.74) is 4.36. The summed E-state index contributed by atoms with van der Waals surface area (Å²) in [4.78, 5) is 0. The van der Waals surface area contributed by atoms with Gasteiger partial charge in [-0.05, 0) is 35.5 Å². The number of nitrogens with zero attached hydrogens (tertiary/aromatic N) is 5. The predicted molar refractivity (Wildman–Crippen MR) is 85.8 cm³/mol. The van der Waals surface area contributed by atoms with Crippen molar-refractivity contribution in [3.05, 3.63) is 60.3 Å². The maximum absolute atomic E-state index is 4.24. The third-order valence-corrected chi connectivity index (χ3v) is 3.89. The van der Waals surface area contributed by atoms with Crippen molar-refractivity contribution in [2.75, 3.05) is 0 Å². The van der Waals surface area contributed by atoms with E-state index in [1.807, 2.05) is 31.3 Å². The van der Waals surface area contributed by atoms with Gasteiger partial charge in [0.1, 0.15) is 0 Å². The molecule has 0 fully saturated rings. The van der Waals surface area contributed by atoms with E-state index >= 15 is 0 Å². The van der Waals surface area contributed by atoms with Gasteiger partial charge < -0.3 is 4.57 Å². The van der Waals surface area contributed by atoms with Crippen molar-refractivity contribution in [1.29, 1.82) is 0 Å². The molecule has 0 bridgehead atoms. The van der Waals surface area contributed by atoms with Crippen molar-refractivity contribution >= 4 is 10.9 Å². The molecule has 0 aliphatic heterocycles. The van der Waals surface area contributed by atoms with Crippen LogP contribution in [0.25, 0.3) is 28.0 Å². The van der Waals surface area contributed by atoms with Gasteiger partial charge in [0.2, 0.25) is 0 Å². The monoisotopic (exact) mass is 289 g/mol. The van der Waals surface area contributed by atoms with E-state index in [4.69, 9.17) is 0 Å². The van der Waals surface area contributed by atoms with E-state index in [2.05, 4.69) is 57.5 Å². The molecule has 0 unspecified atom stereocenters. The number of hydrogen-bond acceptors (Lipinski definition) is 3. The van der Waals surface area contributed by atoms with Gasteiger partial charge in [0.05, 0.1) is 5.69 Å². The van der Waals surface area contributed by atoms with E-state index in [9.17, 15) is 0 Å². The second kappa shape index (κ2) is 4.80. The lowest BCUT2D eigenvalue weighted by Crippen LogP contribution is -1.99.